The number of carbonyl (C=O) groups excluding carboxylic acids is 1. The summed E-state index contributed by atoms with van der Waals surface area (Å²) in [5.74, 6) is 1.30. The van der Waals surface area contributed by atoms with Gasteiger partial charge in [0, 0.05) is 28.5 Å². The second-order valence-electron chi connectivity index (χ2n) is 7.93. The second-order valence-corrected chi connectivity index (χ2v) is 7.93. The summed E-state index contributed by atoms with van der Waals surface area (Å²) in [6.07, 6.45) is 1.86. The zero-order valence-electron chi connectivity index (χ0n) is 18.7. The van der Waals surface area contributed by atoms with Crippen molar-refractivity contribution in [3.63, 3.8) is 0 Å². The minimum absolute atomic E-state index is 0.172. The summed E-state index contributed by atoms with van der Waals surface area (Å²) in [6, 6.07) is 32.3. The summed E-state index contributed by atoms with van der Waals surface area (Å²) in [6.45, 7) is 2.03. The molecule has 166 valence electrons. The Hall–Kier alpha value is -4.64. The van der Waals surface area contributed by atoms with E-state index in [0.29, 0.717) is 17.0 Å². The quantitative estimate of drug-likeness (QED) is 0.287. The SMILES string of the molecule is Cc1cnc2ccccc2c1Nc1ccc(C(=O)Nc2ccc(Oc3ccccc3)cc2)cc1. The van der Waals surface area contributed by atoms with Gasteiger partial charge >= 0.3 is 0 Å². The lowest BCUT2D eigenvalue weighted by atomic mass is 10.1. The van der Waals surface area contributed by atoms with Crippen molar-refractivity contribution in [3.05, 3.63) is 120 Å². The lowest BCUT2D eigenvalue weighted by Gasteiger charge is -2.13. The third kappa shape index (κ3) is 4.74. The van der Waals surface area contributed by atoms with Crippen LogP contribution in [-0.4, -0.2) is 10.9 Å². The Morgan fingerprint density at radius 2 is 1.38 bits per heavy atom. The Morgan fingerprint density at radius 3 is 2.15 bits per heavy atom. The molecule has 5 aromatic rings. The van der Waals surface area contributed by atoms with Crippen molar-refractivity contribution in [2.75, 3.05) is 10.6 Å². The van der Waals surface area contributed by atoms with Gasteiger partial charge in [-0.05, 0) is 79.2 Å². The fourth-order valence-corrected chi connectivity index (χ4v) is 3.69. The van der Waals surface area contributed by atoms with E-state index in [2.05, 4.69) is 21.7 Å². The van der Waals surface area contributed by atoms with Crippen LogP contribution in [0.1, 0.15) is 15.9 Å². The molecule has 0 spiro atoms. The second kappa shape index (κ2) is 9.46. The highest BCUT2D eigenvalue weighted by Gasteiger charge is 2.09. The van der Waals surface area contributed by atoms with Crippen LogP contribution < -0.4 is 15.4 Å². The largest absolute Gasteiger partial charge is 0.457 e. The highest BCUT2D eigenvalue weighted by atomic mass is 16.5. The predicted molar refractivity (Wildman–Crippen MR) is 137 cm³/mol. The zero-order chi connectivity index (χ0) is 23.3. The lowest BCUT2D eigenvalue weighted by Crippen LogP contribution is -2.11. The summed E-state index contributed by atoms with van der Waals surface area (Å²) in [7, 11) is 0. The number of fused-ring (bicyclic) bond motifs is 1. The molecule has 0 saturated heterocycles. The fourth-order valence-electron chi connectivity index (χ4n) is 3.69. The van der Waals surface area contributed by atoms with E-state index < -0.39 is 0 Å². The van der Waals surface area contributed by atoms with E-state index in [0.717, 1.165) is 33.6 Å². The number of ether oxygens (including phenoxy) is 1. The summed E-state index contributed by atoms with van der Waals surface area (Å²) in [5.41, 5.74) is 5.18. The first-order valence-corrected chi connectivity index (χ1v) is 11.0. The minimum atomic E-state index is -0.172. The van der Waals surface area contributed by atoms with Gasteiger partial charge < -0.3 is 15.4 Å². The van der Waals surface area contributed by atoms with Gasteiger partial charge in [-0.25, -0.2) is 0 Å². The molecule has 0 radical (unpaired) electrons. The molecule has 4 aromatic carbocycles. The summed E-state index contributed by atoms with van der Waals surface area (Å²) >= 11 is 0. The number of aromatic nitrogens is 1. The van der Waals surface area contributed by atoms with E-state index in [1.54, 1.807) is 0 Å². The Bertz CT molecular complexity index is 1430. The van der Waals surface area contributed by atoms with E-state index in [-0.39, 0.29) is 5.91 Å². The molecule has 1 aromatic heterocycles. The molecule has 5 heteroatoms. The van der Waals surface area contributed by atoms with E-state index >= 15 is 0 Å². The first-order chi connectivity index (χ1) is 16.7. The van der Waals surface area contributed by atoms with Crippen LogP contribution in [0.5, 0.6) is 11.5 Å². The maximum absolute atomic E-state index is 12.7. The van der Waals surface area contributed by atoms with E-state index in [1.807, 2.05) is 110 Å². The van der Waals surface area contributed by atoms with Crippen molar-refractivity contribution in [2.45, 2.75) is 6.92 Å². The number of aryl methyl sites for hydroxylation is 1. The molecular formula is C29H23N3O2. The smallest absolute Gasteiger partial charge is 0.255 e. The lowest BCUT2D eigenvalue weighted by molar-refractivity contribution is 0.102. The van der Waals surface area contributed by atoms with Crippen molar-refractivity contribution >= 4 is 33.9 Å². The Balaban J connectivity index is 1.25. The van der Waals surface area contributed by atoms with Crippen LogP contribution in [0.15, 0.2) is 109 Å². The maximum Gasteiger partial charge on any atom is 0.255 e. The van der Waals surface area contributed by atoms with Gasteiger partial charge in [-0.3, -0.25) is 9.78 Å². The summed E-state index contributed by atoms with van der Waals surface area (Å²) in [4.78, 5) is 17.2. The van der Waals surface area contributed by atoms with Crippen LogP contribution in [0.3, 0.4) is 0 Å². The third-order valence-corrected chi connectivity index (χ3v) is 5.47. The van der Waals surface area contributed by atoms with Crippen molar-refractivity contribution < 1.29 is 9.53 Å². The van der Waals surface area contributed by atoms with Gasteiger partial charge in [-0.1, -0.05) is 36.4 Å². The number of pyridine rings is 1. The molecule has 1 amide bonds. The number of hydrogen-bond donors (Lipinski definition) is 2. The number of amides is 1. The molecule has 0 aliphatic heterocycles. The molecule has 0 fully saturated rings. The molecule has 5 rings (SSSR count). The molecule has 34 heavy (non-hydrogen) atoms. The number of rotatable bonds is 6. The third-order valence-electron chi connectivity index (χ3n) is 5.47. The van der Waals surface area contributed by atoms with Gasteiger partial charge in [0.05, 0.1) is 11.2 Å². The van der Waals surface area contributed by atoms with Crippen molar-refractivity contribution in [1.82, 2.24) is 4.98 Å². The van der Waals surface area contributed by atoms with Crippen molar-refractivity contribution in [2.24, 2.45) is 0 Å². The van der Waals surface area contributed by atoms with Gasteiger partial charge in [-0.2, -0.15) is 0 Å². The molecule has 5 nitrogen and oxygen atoms in total. The van der Waals surface area contributed by atoms with Crippen LogP contribution in [0.25, 0.3) is 10.9 Å². The van der Waals surface area contributed by atoms with Gasteiger partial charge in [0.1, 0.15) is 11.5 Å². The standard InChI is InChI=1S/C29H23N3O2/c1-20-19-30-27-10-6-5-9-26(27)28(20)31-22-13-11-21(12-14-22)29(33)32-23-15-17-25(18-16-23)34-24-7-3-2-4-8-24/h2-19H,1H3,(H,30,31)(H,32,33). The molecule has 2 N–H and O–H groups in total. The van der Waals surface area contributed by atoms with Crippen LogP contribution in [0.4, 0.5) is 17.1 Å². The first kappa shape index (κ1) is 21.2. The van der Waals surface area contributed by atoms with Crippen molar-refractivity contribution in [1.29, 1.82) is 0 Å². The number of carbonyl (C=O) groups is 1. The molecule has 0 bridgehead atoms. The molecule has 0 aliphatic carbocycles. The number of hydrogen-bond acceptors (Lipinski definition) is 4. The fraction of sp³-hybridized carbons (Fsp3) is 0.0345. The van der Waals surface area contributed by atoms with E-state index in [9.17, 15) is 4.79 Å². The predicted octanol–water partition coefficient (Wildman–Crippen LogP) is 7.33. The summed E-state index contributed by atoms with van der Waals surface area (Å²) < 4.78 is 5.80. The van der Waals surface area contributed by atoms with Gasteiger partial charge in [0.2, 0.25) is 0 Å². The number of para-hydroxylation sites is 2. The molecule has 0 aliphatic rings. The van der Waals surface area contributed by atoms with Crippen LogP contribution >= 0.6 is 0 Å². The van der Waals surface area contributed by atoms with Gasteiger partial charge in [0.25, 0.3) is 5.91 Å². The topological polar surface area (TPSA) is 63.2 Å². The Morgan fingerprint density at radius 1 is 0.735 bits per heavy atom. The maximum atomic E-state index is 12.7. The van der Waals surface area contributed by atoms with E-state index in [4.69, 9.17) is 4.74 Å². The normalized spacial score (nSPS) is 10.6. The Kier molecular flexibility index (Phi) is 5.91. The summed E-state index contributed by atoms with van der Waals surface area (Å²) in [5, 5.41) is 7.46. The molecule has 0 unspecified atom stereocenters. The monoisotopic (exact) mass is 445 g/mol. The number of nitrogens with zero attached hydrogens (tertiary/aromatic N) is 1. The van der Waals surface area contributed by atoms with Gasteiger partial charge in [-0.15, -0.1) is 0 Å². The molecule has 0 saturated carbocycles. The van der Waals surface area contributed by atoms with E-state index in [1.165, 1.54) is 0 Å². The minimum Gasteiger partial charge on any atom is -0.457 e. The number of anilines is 3. The molecular weight excluding hydrogens is 422 g/mol. The number of benzene rings is 4. The molecule has 1 heterocycles. The Labute approximate surface area is 198 Å². The highest BCUT2D eigenvalue weighted by molar-refractivity contribution is 6.04. The van der Waals surface area contributed by atoms with Crippen LogP contribution in [-0.2, 0) is 0 Å². The van der Waals surface area contributed by atoms with Crippen molar-refractivity contribution in [3.8, 4) is 11.5 Å². The van der Waals surface area contributed by atoms with Gasteiger partial charge in [0.15, 0.2) is 0 Å². The molecule has 0 atom stereocenters. The van der Waals surface area contributed by atoms with Crippen LogP contribution in [0, 0.1) is 6.92 Å². The highest BCUT2D eigenvalue weighted by Crippen LogP contribution is 2.29. The zero-order valence-corrected chi connectivity index (χ0v) is 18.7. The van der Waals surface area contributed by atoms with Crippen LogP contribution in [0.2, 0.25) is 0 Å². The average molecular weight is 446 g/mol. The average Bonchev–Trinajstić information content (AvgIpc) is 2.88. The number of nitrogens with one attached hydrogen (secondary N) is 2. The first-order valence-electron chi connectivity index (χ1n) is 11.0.